The lowest BCUT2D eigenvalue weighted by atomic mass is 9.81. The van der Waals surface area contributed by atoms with Crippen molar-refractivity contribution in [2.75, 3.05) is 0 Å². The molecule has 0 saturated carbocycles. The third kappa shape index (κ3) is 5.36. The van der Waals surface area contributed by atoms with E-state index in [-0.39, 0.29) is 24.6 Å². The Kier molecular flexibility index (Phi) is 8.31. The highest BCUT2D eigenvalue weighted by Crippen LogP contribution is 2.58. The highest BCUT2D eigenvalue weighted by molar-refractivity contribution is 7.45. The molecule has 2 aromatic carbocycles. The fourth-order valence-electron chi connectivity index (χ4n) is 5.41. The van der Waals surface area contributed by atoms with E-state index in [0.29, 0.717) is 31.3 Å². The molecule has 0 aliphatic heterocycles. The molecule has 49 heavy (non-hydrogen) atoms. The first kappa shape index (κ1) is 31.6. The summed E-state index contributed by atoms with van der Waals surface area (Å²) in [7, 11) is 0. The molecule has 0 fully saturated rings. The molecule has 10 nitrogen and oxygen atoms in total. The molecule has 0 amide bonds. The Morgan fingerprint density at radius 3 is 1.76 bits per heavy atom. The molecule has 0 N–H and O–H groups in total. The molecule has 234 valence electrons. The number of hydrogen-bond donors (Lipinski definition) is 0. The summed E-state index contributed by atoms with van der Waals surface area (Å²) in [5.74, 6) is -1.90. The largest absolute Gasteiger partial charge is 0.459 e. The molecule has 0 saturated heterocycles. The van der Waals surface area contributed by atoms with Crippen LogP contribution in [-0.4, -0.2) is 23.4 Å². The first-order valence-electron chi connectivity index (χ1n) is 14.2. The molecule has 0 unspecified atom stereocenters. The maximum Gasteiger partial charge on any atom is 0.334 e. The van der Waals surface area contributed by atoms with Gasteiger partial charge >= 0.3 is 11.9 Å². The average Bonchev–Trinajstić information content (AvgIpc) is 3.92. The molecule has 0 atom stereocenters. The molecule has 0 bridgehead atoms. The first-order valence-corrected chi connectivity index (χ1v) is 17.5. The van der Waals surface area contributed by atoms with Gasteiger partial charge in [-0.2, -0.15) is 21.0 Å². The van der Waals surface area contributed by atoms with Gasteiger partial charge in [0.2, 0.25) is 16.8 Å². The second kappa shape index (κ2) is 12.9. The van der Waals surface area contributed by atoms with Crippen molar-refractivity contribution in [1.82, 2.24) is 0 Å². The molecule has 1 aliphatic carbocycles. The van der Waals surface area contributed by atoms with Crippen LogP contribution in [0.25, 0.3) is 34.3 Å². The van der Waals surface area contributed by atoms with Crippen LogP contribution >= 0.6 is 45.3 Å². The van der Waals surface area contributed by atoms with E-state index in [2.05, 4.69) is 9.98 Å². The van der Waals surface area contributed by atoms with Crippen molar-refractivity contribution in [2.24, 2.45) is 9.98 Å². The van der Waals surface area contributed by atoms with E-state index in [9.17, 15) is 30.6 Å². The summed E-state index contributed by atoms with van der Waals surface area (Å²) in [4.78, 5) is 38.0. The fourth-order valence-corrected chi connectivity index (χ4v) is 11.2. The number of ether oxygens (including phenoxy) is 2. The average molecular weight is 713 g/mol. The van der Waals surface area contributed by atoms with Crippen LogP contribution in [0.15, 0.2) is 82.4 Å². The van der Waals surface area contributed by atoms with Crippen molar-refractivity contribution in [3.63, 3.8) is 0 Å². The van der Waals surface area contributed by atoms with Crippen LogP contribution < -0.4 is 0 Å². The number of esters is 2. The first-order chi connectivity index (χ1) is 23.9. The molecule has 4 heterocycles. The number of thiophene rings is 4. The van der Waals surface area contributed by atoms with Gasteiger partial charge in [-0.15, -0.1) is 45.3 Å². The standard InChI is InChI=1S/C35H16N6O4S4/c36-13-21(14-37)40-25-11-23-27(29-31(46-23)32-30(49-29)28-24(47-32)12-26(48-28)41-22(15-38)16-39)35(25,33(42)44-17-19-7-3-1-4-8-19)34(43)45-18-20-9-5-2-6-10-20/h1-12H,17-18H2. The number of nitriles is 4. The summed E-state index contributed by atoms with van der Waals surface area (Å²) in [5.41, 5.74) is -1.48. The number of benzene rings is 2. The van der Waals surface area contributed by atoms with Gasteiger partial charge < -0.3 is 9.47 Å². The summed E-state index contributed by atoms with van der Waals surface area (Å²) in [5, 5.41) is 38.1. The normalized spacial score (nSPS) is 12.6. The Hall–Kier alpha value is -6.00. The minimum atomic E-state index is -2.25. The lowest BCUT2D eigenvalue weighted by Gasteiger charge is -2.27. The van der Waals surface area contributed by atoms with E-state index < -0.39 is 23.1 Å². The minimum Gasteiger partial charge on any atom is -0.459 e. The van der Waals surface area contributed by atoms with Crippen molar-refractivity contribution in [2.45, 2.75) is 18.6 Å². The van der Waals surface area contributed by atoms with E-state index in [0.717, 1.165) is 23.5 Å². The van der Waals surface area contributed by atoms with E-state index in [1.165, 1.54) is 45.3 Å². The van der Waals surface area contributed by atoms with Crippen LogP contribution in [0.4, 0.5) is 5.00 Å². The van der Waals surface area contributed by atoms with Gasteiger partial charge in [0.15, 0.2) is 0 Å². The predicted molar refractivity (Wildman–Crippen MR) is 190 cm³/mol. The van der Waals surface area contributed by atoms with Crippen molar-refractivity contribution < 1.29 is 19.1 Å². The molecular weight excluding hydrogens is 697 g/mol. The van der Waals surface area contributed by atoms with Crippen molar-refractivity contribution in [3.05, 3.63) is 94.0 Å². The van der Waals surface area contributed by atoms with Crippen LogP contribution in [0.1, 0.15) is 21.6 Å². The zero-order valence-corrected chi connectivity index (χ0v) is 28.1. The Labute approximate surface area is 293 Å². The molecule has 4 aromatic heterocycles. The van der Waals surface area contributed by atoms with E-state index in [1.807, 2.05) is 18.2 Å². The summed E-state index contributed by atoms with van der Waals surface area (Å²) in [6, 6.07) is 26.8. The van der Waals surface area contributed by atoms with Crippen molar-refractivity contribution in [3.8, 4) is 24.3 Å². The van der Waals surface area contributed by atoms with Gasteiger partial charge in [0, 0.05) is 15.1 Å². The summed E-state index contributed by atoms with van der Waals surface area (Å²) < 4.78 is 16.8. The number of carbonyl (C=O) groups excluding carboxylic acids is 2. The third-order valence-corrected chi connectivity index (χ3v) is 12.8. The molecule has 1 aliphatic rings. The summed E-state index contributed by atoms with van der Waals surface area (Å²) in [6.45, 7) is -0.301. The van der Waals surface area contributed by atoms with Gasteiger partial charge in [0.1, 0.15) is 42.5 Å². The zero-order chi connectivity index (χ0) is 34.1. The second-order valence-electron chi connectivity index (χ2n) is 10.4. The SMILES string of the molecule is N#CC(C#N)=NC1=Cc2sc3c(sc4c5sc(N=C(C#N)C#N)cc5sc34)c2C1(C(=O)OCc1ccccc1)C(=O)OCc1ccccc1. The quantitative estimate of drug-likeness (QED) is 0.0865. The third-order valence-electron chi connectivity index (χ3n) is 7.55. The van der Waals surface area contributed by atoms with E-state index in [1.54, 1.807) is 78.9 Å². The molecule has 0 spiro atoms. The second-order valence-corrected chi connectivity index (χ2v) is 14.6. The van der Waals surface area contributed by atoms with Crippen LogP contribution in [-0.2, 0) is 37.7 Å². The Bertz CT molecular complexity index is 2510. The summed E-state index contributed by atoms with van der Waals surface area (Å²) >= 11 is 5.56. The van der Waals surface area contributed by atoms with Gasteiger partial charge in [-0.1, -0.05) is 60.7 Å². The Balaban J connectivity index is 1.43. The van der Waals surface area contributed by atoms with Crippen LogP contribution in [0.2, 0.25) is 0 Å². The number of fused-ring (bicyclic) bond motifs is 7. The molecule has 7 rings (SSSR count). The lowest BCUT2D eigenvalue weighted by Crippen LogP contribution is -2.46. The maximum atomic E-state index is 14.5. The van der Waals surface area contributed by atoms with Crippen LogP contribution in [0.5, 0.6) is 0 Å². The van der Waals surface area contributed by atoms with Crippen LogP contribution in [0.3, 0.4) is 0 Å². The fraction of sp³-hybridized carbons (Fsp3) is 0.0857. The maximum absolute atomic E-state index is 14.5. The highest BCUT2D eigenvalue weighted by Gasteiger charge is 2.60. The Morgan fingerprint density at radius 1 is 0.653 bits per heavy atom. The van der Waals surface area contributed by atoms with Crippen molar-refractivity contribution >= 4 is 108 Å². The Morgan fingerprint density at radius 2 is 1.18 bits per heavy atom. The molecule has 0 radical (unpaired) electrons. The lowest BCUT2D eigenvalue weighted by molar-refractivity contribution is -0.164. The zero-order valence-electron chi connectivity index (χ0n) is 24.8. The van der Waals surface area contributed by atoms with E-state index >= 15 is 0 Å². The smallest absolute Gasteiger partial charge is 0.334 e. The van der Waals surface area contributed by atoms with Gasteiger partial charge in [0.25, 0.3) is 0 Å². The molecular formula is C35H16N6O4S4. The van der Waals surface area contributed by atoms with Gasteiger partial charge in [0.05, 0.1) is 29.2 Å². The van der Waals surface area contributed by atoms with Gasteiger partial charge in [-0.3, -0.25) is 9.59 Å². The minimum absolute atomic E-state index is 0.139. The highest BCUT2D eigenvalue weighted by atomic mass is 32.1. The monoisotopic (exact) mass is 712 g/mol. The molecule has 6 aromatic rings. The van der Waals surface area contributed by atoms with Gasteiger partial charge in [-0.25, -0.2) is 9.98 Å². The predicted octanol–water partition coefficient (Wildman–Crippen LogP) is 8.08. The number of carbonyl (C=O) groups is 2. The van der Waals surface area contributed by atoms with Crippen molar-refractivity contribution in [1.29, 1.82) is 21.0 Å². The summed E-state index contributed by atoms with van der Waals surface area (Å²) in [6.07, 6.45) is 1.55. The van der Waals surface area contributed by atoms with E-state index in [4.69, 9.17) is 9.47 Å². The van der Waals surface area contributed by atoms with Gasteiger partial charge in [-0.05, 0) is 23.3 Å². The van der Waals surface area contributed by atoms with Crippen LogP contribution in [0, 0.1) is 45.3 Å². The molecule has 14 heteroatoms. The number of hydrogen-bond acceptors (Lipinski definition) is 14. The number of rotatable bonds is 8. The number of aliphatic imine (C=N–C) groups is 2. The number of nitrogens with zero attached hydrogens (tertiary/aromatic N) is 6. The topological polar surface area (TPSA) is 172 Å².